The van der Waals surface area contributed by atoms with Gasteiger partial charge < -0.3 is 42.3 Å². The number of nitrogens with one attached hydrogen (secondary N) is 4. The highest BCUT2D eigenvalue weighted by Gasteiger charge is 2.32. The second-order valence-corrected chi connectivity index (χ2v) is 9.23. The SMILES string of the molecule is CC(C)[C@H](NC(=O)[C@H](C)NC(=O)[C@@H](NC(=O)[C@H](C)NC(=O)[C@@H](N)Cc1ccc(O)cc1)[C@@H](C)O)C(=O)O. The molecule has 0 heterocycles. The van der Waals surface area contributed by atoms with Gasteiger partial charge >= 0.3 is 5.97 Å². The number of carbonyl (C=O) groups excluding carboxylic acids is 4. The number of rotatable bonds is 13. The average Bonchev–Trinajstić information content (AvgIpc) is 2.80. The van der Waals surface area contributed by atoms with Gasteiger partial charge in [0.1, 0.15) is 29.9 Å². The number of aliphatic hydroxyl groups excluding tert-OH is 1. The summed E-state index contributed by atoms with van der Waals surface area (Å²) < 4.78 is 0. The lowest BCUT2D eigenvalue weighted by atomic mass is 10.0. The van der Waals surface area contributed by atoms with Gasteiger partial charge in [0.15, 0.2) is 0 Å². The molecule has 37 heavy (non-hydrogen) atoms. The van der Waals surface area contributed by atoms with Crippen molar-refractivity contribution in [3.63, 3.8) is 0 Å². The molecule has 13 heteroatoms. The molecule has 0 spiro atoms. The van der Waals surface area contributed by atoms with Gasteiger partial charge in [-0.2, -0.15) is 0 Å². The summed E-state index contributed by atoms with van der Waals surface area (Å²) in [6, 6.07) is 0.226. The zero-order chi connectivity index (χ0) is 28.4. The van der Waals surface area contributed by atoms with Crippen LogP contribution >= 0.6 is 0 Å². The molecule has 1 aromatic rings. The molecule has 4 amide bonds. The Morgan fingerprint density at radius 3 is 1.65 bits per heavy atom. The maximum atomic E-state index is 12.7. The molecule has 0 saturated carbocycles. The second-order valence-electron chi connectivity index (χ2n) is 9.23. The number of amides is 4. The molecule has 206 valence electrons. The van der Waals surface area contributed by atoms with E-state index in [1.54, 1.807) is 26.0 Å². The van der Waals surface area contributed by atoms with Crippen molar-refractivity contribution in [1.29, 1.82) is 0 Å². The van der Waals surface area contributed by atoms with Crippen molar-refractivity contribution in [2.24, 2.45) is 11.7 Å². The molecule has 0 aliphatic heterocycles. The van der Waals surface area contributed by atoms with Crippen LogP contribution in [0.3, 0.4) is 0 Å². The van der Waals surface area contributed by atoms with Crippen molar-refractivity contribution >= 4 is 29.6 Å². The molecule has 9 N–H and O–H groups in total. The minimum Gasteiger partial charge on any atom is -0.508 e. The molecule has 6 atom stereocenters. The fraction of sp³-hybridized carbons (Fsp3) is 0.542. The number of carbonyl (C=O) groups is 5. The van der Waals surface area contributed by atoms with Gasteiger partial charge in [-0.15, -0.1) is 0 Å². The quantitative estimate of drug-likeness (QED) is 0.148. The van der Waals surface area contributed by atoms with E-state index in [4.69, 9.17) is 5.73 Å². The third-order valence-electron chi connectivity index (χ3n) is 5.53. The highest BCUT2D eigenvalue weighted by atomic mass is 16.4. The molecule has 1 aromatic carbocycles. The lowest BCUT2D eigenvalue weighted by Gasteiger charge is -2.26. The Morgan fingerprint density at radius 2 is 1.22 bits per heavy atom. The van der Waals surface area contributed by atoms with Gasteiger partial charge in [-0.1, -0.05) is 26.0 Å². The van der Waals surface area contributed by atoms with E-state index in [2.05, 4.69) is 21.3 Å². The summed E-state index contributed by atoms with van der Waals surface area (Å²) in [5.41, 5.74) is 6.60. The lowest BCUT2D eigenvalue weighted by molar-refractivity contribution is -0.143. The molecule has 0 bridgehead atoms. The summed E-state index contributed by atoms with van der Waals surface area (Å²) in [6.45, 7) is 7.17. The van der Waals surface area contributed by atoms with Crippen LogP contribution < -0.4 is 27.0 Å². The third kappa shape index (κ3) is 10.1. The van der Waals surface area contributed by atoms with Crippen LogP contribution in [-0.4, -0.2) is 81.2 Å². The van der Waals surface area contributed by atoms with Crippen LogP contribution in [0.4, 0.5) is 0 Å². The molecular formula is C24H37N5O8. The van der Waals surface area contributed by atoms with Crippen molar-refractivity contribution in [3.8, 4) is 5.75 Å². The molecule has 0 aliphatic carbocycles. The molecule has 0 aliphatic rings. The number of carboxylic acids is 1. The van der Waals surface area contributed by atoms with Gasteiger partial charge in [0.05, 0.1) is 12.1 Å². The molecule has 0 unspecified atom stereocenters. The predicted octanol–water partition coefficient (Wildman–Crippen LogP) is -1.64. The minimum absolute atomic E-state index is 0.0683. The van der Waals surface area contributed by atoms with Crippen LogP contribution in [-0.2, 0) is 30.4 Å². The number of phenols is 1. The first kappa shape index (κ1) is 31.3. The first-order chi connectivity index (χ1) is 17.1. The molecule has 1 rings (SSSR count). The van der Waals surface area contributed by atoms with Crippen molar-refractivity contribution in [3.05, 3.63) is 29.8 Å². The van der Waals surface area contributed by atoms with E-state index >= 15 is 0 Å². The molecule has 0 radical (unpaired) electrons. The monoisotopic (exact) mass is 523 g/mol. The normalized spacial score (nSPS) is 15.9. The number of aliphatic carboxylic acids is 1. The first-order valence-electron chi connectivity index (χ1n) is 11.8. The second kappa shape index (κ2) is 14.1. The maximum Gasteiger partial charge on any atom is 0.326 e. The Balaban J connectivity index is 2.71. The Bertz CT molecular complexity index is 966. The number of hydrogen-bond acceptors (Lipinski definition) is 8. The van der Waals surface area contributed by atoms with Crippen LogP contribution in [0.25, 0.3) is 0 Å². The summed E-state index contributed by atoms with van der Waals surface area (Å²) in [5, 5.41) is 38.0. The fourth-order valence-electron chi connectivity index (χ4n) is 3.21. The van der Waals surface area contributed by atoms with Gasteiger partial charge in [0.25, 0.3) is 0 Å². The smallest absolute Gasteiger partial charge is 0.326 e. The van der Waals surface area contributed by atoms with Gasteiger partial charge in [0, 0.05) is 0 Å². The maximum absolute atomic E-state index is 12.7. The topological polar surface area (TPSA) is 220 Å². The number of aliphatic hydroxyl groups is 1. The fourth-order valence-corrected chi connectivity index (χ4v) is 3.21. The Kier molecular flexibility index (Phi) is 12.0. The van der Waals surface area contributed by atoms with Crippen molar-refractivity contribution in [2.75, 3.05) is 0 Å². The van der Waals surface area contributed by atoms with Crippen LogP contribution in [0.5, 0.6) is 5.75 Å². The van der Waals surface area contributed by atoms with E-state index in [1.807, 2.05) is 0 Å². The number of aromatic hydroxyl groups is 1. The number of carboxylic acid groups (broad SMARTS) is 1. The van der Waals surface area contributed by atoms with Gasteiger partial charge in [-0.3, -0.25) is 19.2 Å². The van der Waals surface area contributed by atoms with E-state index < -0.39 is 71.8 Å². The Hall–Kier alpha value is -3.71. The van der Waals surface area contributed by atoms with Crippen LogP contribution in [0, 0.1) is 5.92 Å². The van der Waals surface area contributed by atoms with E-state index in [1.165, 1.54) is 32.9 Å². The lowest BCUT2D eigenvalue weighted by Crippen LogP contribution is -2.60. The molecule has 0 saturated heterocycles. The number of nitrogens with two attached hydrogens (primary N) is 1. The summed E-state index contributed by atoms with van der Waals surface area (Å²) in [4.78, 5) is 61.3. The standard InChI is InChI=1S/C24H37N5O8/c1-11(2)18(24(36)37)28-20(32)13(4)27-23(35)19(14(5)30)29-21(33)12(3)26-22(34)17(25)10-15-6-8-16(31)9-7-15/h6-9,11-14,17-19,30-31H,10,25H2,1-5H3,(H,26,34)(H,27,35)(H,28,32)(H,29,33)(H,36,37)/t12-,13-,14+,17-,18-,19-/m0/s1. The summed E-state index contributed by atoms with van der Waals surface area (Å²) in [5.74, 6) is -4.61. The first-order valence-corrected chi connectivity index (χ1v) is 11.8. The molecule has 0 aromatic heterocycles. The van der Waals surface area contributed by atoms with Crippen LogP contribution in [0.15, 0.2) is 24.3 Å². The predicted molar refractivity (Wildman–Crippen MR) is 133 cm³/mol. The van der Waals surface area contributed by atoms with E-state index in [0.717, 1.165) is 0 Å². The highest BCUT2D eigenvalue weighted by molar-refractivity contribution is 5.95. The average molecular weight is 524 g/mol. The van der Waals surface area contributed by atoms with Crippen molar-refractivity contribution in [2.45, 2.75) is 77.4 Å². The Morgan fingerprint density at radius 1 is 0.757 bits per heavy atom. The van der Waals surface area contributed by atoms with Gasteiger partial charge in [-0.05, 0) is 50.8 Å². The molecule has 13 nitrogen and oxygen atoms in total. The highest BCUT2D eigenvalue weighted by Crippen LogP contribution is 2.11. The summed E-state index contributed by atoms with van der Waals surface area (Å²) in [7, 11) is 0. The largest absolute Gasteiger partial charge is 0.508 e. The molecule has 0 fully saturated rings. The molecular weight excluding hydrogens is 486 g/mol. The zero-order valence-electron chi connectivity index (χ0n) is 21.5. The third-order valence-corrected chi connectivity index (χ3v) is 5.53. The minimum atomic E-state index is -1.46. The zero-order valence-corrected chi connectivity index (χ0v) is 21.5. The van der Waals surface area contributed by atoms with E-state index in [9.17, 15) is 39.3 Å². The van der Waals surface area contributed by atoms with Crippen LogP contribution in [0.2, 0.25) is 0 Å². The van der Waals surface area contributed by atoms with E-state index in [-0.39, 0.29) is 12.2 Å². The van der Waals surface area contributed by atoms with Crippen molar-refractivity contribution in [1.82, 2.24) is 21.3 Å². The van der Waals surface area contributed by atoms with E-state index in [0.29, 0.717) is 5.56 Å². The summed E-state index contributed by atoms with van der Waals surface area (Å²) in [6.07, 6.45) is -1.21. The Labute approximate surface area is 215 Å². The van der Waals surface area contributed by atoms with Gasteiger partial charge in [-0.25, -0.2) is 4.79 Å². The number of phenolic OH excluding ortho intramolecular Hbond substituents is 1. The number of hydrogen-bond donors (Lipinski definition) is 8. The van der Waals surface area contributed by atoms with Gasteiger partial charge in [0.2, 0.25) is 23.6 Å². The number of benzene rings is 1. The van der Waals surface area contributed by atoms with Crippen LogP contribution in [0.1, 0.15) is 40.2 Å². The summed E-state index contributed by atoms with van der Waals surface area (Å²) >= 11 is 0. The van der Waals surface area contributed by atoms with Crippen molar-refractivity contribution < 1.29 is 39.3 Å².